The van der Waals surface area contributed by atoms with Gasteiger partial charge in [0, 0.05) is 12.5 Å². The van der Waals surface area contributed by atoms with Crippen LogP contribution in [0.5, 0.6) is 0 Å². The molecule has 0 aromatic carbocycles. The van der Waals surface area contributed by atoms with Crippen LogP contribution in [-0.4, -0.2) is 16.1 Å². The molecule has 0 aliphatic carbocycles. The van der Waals surface area contributed by atoms with Crippen LogP contribution >= 0.6 is 0 Å². The van der Waals surface area contributed by atoms with Gasteiger partial charge in [-0.15, -0.1) is 6.58 Å². The number of aromatic nitrogens is 1. The Labute approximate surface area is 101 Å². The normalized spacial score (nSPS) is 11.7. The summed E-state index contributed by atoms with van der Waals surface area (Å²) in [5.41, 5.74) is -0.547. The van der Waals surface area contributed by atoms with E-state index in [2.05, 4.69) is 11.6 Å². The largest absolute Gasteiger partial charge is 0.478 e. The van der Waals surface area contributed by atoms with Gasteiger partial charge >= 0.3 is 12.1 Å². The molecule has 96 valence electrons. The van der Waals surface area contributed by atoms with Crippen LogP contribution in [0.15, 0.2) is 30.9 Å². The monoisotopic (exact) mass is 257 g/mol. The number of allylic oxidation sites excluding steroid dienone is 1. The summed E-state index contributed by atoms with van der Waals surface area (Å²) in [4.78, 5) is 13.8. The molecule has 18 heavy (non-hydrogen) atoms. The number of carbonyl (C=O) groups is 1. The predicted molar refractivity (Wildman–Crippen MR) is 59.8 cm³/mol. The van der Waals surface area contributed by atoms with E-state index in [1.165, 1.54) is 18.2 Å². The summed E-state index contributed by atoms with van der Waals surface area (Å²) in [5.74, 6) is -1.18. The first-order chi connectivity index (χ1) is 8.34. The molecule has 6 heteroatoms. The zero-order valence-corrected chi connectivity index (χ0v) is 9.24. The van der Waals surface area contributed by atoms with Gasteiger partial charge in [-0.1, -0.05) is 12.1 Å². The van der Waals surface area contributed by atoms with Crippen molar-refractivity contribution in [3.05, 3.63) is 47.8 Å². The predicted octanol–water partition coefficient (Wildman–Crippen LogP) is 2.93. The van der Waals surface area contributed by atoms with Crippen LogP contribution in [0.3, 0.4) is 0 Å². The lowest BCUT2D eigenvalue weighted by atomic mass is 10.1. The van der Waals surface area contributed by atoms with Gasteiger partial charge in [0.15, 0.2) is 0 Å². The van der Waals surface area contributed by atoms with Gasteiger partial charge in [0.1, 0.15) is 5.69 Å². The van der Waals surface area contributed by atoms with E-state index in [4.69, 9.17) is 5.11 Å². The summed E-state index contributed by atoms with van der Waals surface area (Å²) < 4.78 is 37.4. The maximum atomic E-state index is 12.5. The Morgan fingerprint density at radius 3 is 2.61 bits per heavy atom. The van der Waals surface area contributed by atoms with Gasteiger partial charge in [0.25, 0.3) is 0 Å². The zero-order chi connectivity index (χ0) is 13.8. The molecule has 0 spiro atoms. The third kappa shape index (κ3) is 3.73. The molecule has 0 aliphatic rings. The first kappa shape index (κ1) is 14.0. The van der Waals surface area contributed by atoms with Crippen molar-refractivity contribution < 1.29 is 23.1 Å². The van der Waals surface area contributed by atoms with Crippen LogP contribution in [0, 0.1) is 0 Å². The Bertz CT molecular complexity index is 493. The van der Waals surface area contributed by atoms with Crippen molar-refractivity contribution in [2.75, 3.05) is 0 Å². The highest BCUT2D eigenvalue weighted by atomic mass is 19.4. The van der Waals surface area contributed by atoms with E-state index in [0.29, 0.717) is 5.56 Å². The lowest BCUT2D eigenvalue weighted by Crippen LogP contribution is -2.10. The fraction of sp³-hybridized carbons (Fsp3) is 0.167. The molecule has 0 saturated heterocycles. The topological polar surface area (TPSA) is 50.2 Å². The van der Waals surface area contributed by atoms with Crippen molar-refractivity contribution in [3.63, 3.8) is 0 Å². The maximum Gasteiger partial charge on any atom is 0.433 e. The Kier molecular flexibility index (Phi) is 4.25. The molecular formula is C12H10F3NO2. The molecule has 0 fully saturated rings. The van der Waals surface area contributed by atoms with Crippen molar-refractivity contribution in [3.8, 4) is 0 Å². The van der Waals surface area contributed by atoms with Crippen LogP contribution in [0.1, 0.15) is 17.0 Å². The van der Waals surface area contributed by atoms with Gasteiger partial charge in [-0.2, -0.15) is 13.2 Å². The Balaban J connectivity index is 3.20. The molecule has 1 N–H and O–H groups in total. The SMILES string of the molecule is C=CCc1nc(C(F)(F)F)ccc1C=CC(=O)O. The minimum Gasteiger partial charge on any atom is -0.478 e. The fourth-order valence-electron chi connectivity index (χ4n) is 1.28. The Hall–Kier alpha value is -2.11. The van der Waals surface area contributed by atoms with Crippen molar-refractivity contribution in [2.45, 2.75) is 12.6 Å². The van der Waals surface area contributed by atoms with Crippen LogP contribution in [0.2, 0.25) is 0 Å². The summed E-state index contributed by atoms with van der Waals surface area (Å²) in [6.07, 6.45) is -0.944. The molecule has 0 radical (unpaired) electrons. The standard InChI is InChI=1S/C12H10F3NO2/c1-2-3-9-8(5-7-11(17)18)4-6-10(16-9)12(13,14)15/h2,4-7H,1,3H2,(H,17,18). The van der Waals surface area contributed by atoms with E-state index >= 15 is 0 Å². The minimum absolute atomic E-state index is 0.128. The Morgan fingerprint density at radius 2 is 2.11 bits per heavy atom. The van der Waals surface area contributed by atoms with E-state index in [-0.39, 0.29) is 12.1 Å². The third-order valence-corrected chi connectivity index (χ3v) is 2.04. The first-order valence-electron chi connectivity index (χ1n) is 4.93. The number of pyridine rings is 1. The highest BCUT2D eigenvalue weighted by Crippen LogP contribution is 2.28. The molecule has 0 atom stereocenters. The summed E-state index contributed by atoms with van der Waals surface area (Å²) in [6.45, 7) is 3.42. The number of nitrogens with zero attached hydrogens (tertiary/aromatic N) is 1. The average molecular weight is 257 g/mol. The number of hydrogen-bond donors (Lipinski definition) is 1. The van der Waals surface area contributed by atoms with Crippen molar-refractivity contribution >= 4 is 12.0 Å². The zero-order valence-electron chi connectivity index (χ0n) is 9.24. The van der Waals surface area contributed by atoms with Crippen LogP contribution in [-0.2, 0) is 17.4 Å². The fourth-order valence-corrected chi connectivity index (χ4v) is 1.28. The second-order valence-corrected chi connectivity index (χ2v) is 3.39. The molecule has 1 rings (SSSR count). The van der Waals surface area contributed by atoms with Gasteiger partial charge in [0.05, 0.1) is 5.69 Å². The number of aliphatic carboxylic acids is 1. The molecule has 1 heterocycles. The van der Waals surface area contributed by atoms with Crippen LogP contribution in [0.4, 0.5) is 13.2 Å². The van der Waals surface area contributed by atoms with Crippen LogP contribution < -0.4 is 0 Å². The summed E-state index contributed by atoms with van der Waals surface area (Å²) in [6, 6.07) is 2.00. The Morgan fingerprint density at radius 1 is 1.44 bits per heavy atom. The number of alkyl halides is 3. The molecular weight excluding hydrogens is 247 g/mol. The summed E-state index contributed by atoms with van der Waals surface area (Å²) >= 11 is 0. The summed E-state index contributed by atoms with van der Waals surface area (Å²) in [5, 5.41) is 8.47. The smallest absolute Gasteiger partial charge is 0.433 e. The molecule has 3 nitrogen and oxygen atoms in total. The van der Waals surface area contributed by atoms with Crippen molar-refractivity contribution in [1.82, 2.24) is 4.98 Å². The second kappa shape index (κ2) is 5.48. The molecule has 0 aliphatic heterocycles. The van der Waals surface area contributed by atoms with Gasteiger partial charge < -0.3 is 5.11 Å². The van der Waals surface area contributed by atoms with E-state index in [0.717, 1.165) is 12.1 Å². The van der Waals surface area contributed by atoms with Crippen LogP contribution in [0.25, 0.3) is 6.08 Å². The highest BCUT2D eigenvalue weighted by Gasteiger charge is 2.32. The second-order valence-electron chi connectivity index (χ2n) is 3.39. The highest BCUT2D eigenvalue weighted by molar-refractivity contribution is 5.85. The lowest BCUT2D eigenvalue weighted by molar-refractivity contribution is -0.141. The molecule has 0 saturated carbocycles. The molecule has 0 amide bonds. The van der Waals surface area contributed by atoms with E-state index in [1.807, 2.05) is 0 Å². The quantitative estimate of drug-likeness (QED) is 0.666. The first-order valence-corrected chi connectivity index (χ1v) is 4.93. The molecule has 1 aromatic heterocycles. The molecule has 1 aromatic rings. The van der Waals surface area contributed by atoms with Crippen molar-refractivity contribution in [2.24, 2.45) is 0 Å². The van der Waals surface area contributed by atoms with E-state index in [1.54, 1.807) is 0 Å². The molecule has 0 unspecified atom stereocenters. The third-order valence-electron chi connectivity index (χ3n) is 2.04. The van der Waals surface area contributed by atoms with E-state index in [9.17, 15) is 18.0 Å². The number of halogens is 3. The number of carboxylic acids is 1. The molecule has 0 bridgehead atoms. The van der Waals surface area contributed by atoms with Gasteiger partial charge in [-0.3, -0.25) is 0 Å². The summed E-state index contributed by atoms with van der Waals surface area (Å²) in [7, 11) is 0. The van der Waals surface area contributed by atoms with Crippen molar-refractivity contribution in [1.29, 1.82) is 0 Å². The average Bonchev–Trinajstić information content (AvgIpc) is 2.26. The lowest BCUT2D eigenvalue weighted by Gasteiger charge is -2.09. The number of hydrogen-bond acceptors (Lipinski definition) is 2. The maximum absolute atomic E-state index is 12.5. The van der Waals surface area contributed by atoms with Gasteiger partial charge in [-0.05, 0) is 17.7 Å². The van der Waals surface area contributed by atoms with E-state index < -0.39 is 17.8 Å². The number of carboxylic acid groups (broad SMARTS) is 1. The van der Waals surface area contributed by atoms with Gasteiger partial charge in [0.2, 0.25) is 0 Å². The minimum atomic E-state index is -4.52. The number of rotatable bonds is 4. The van der Waals surface area contributed by atoms with Gasteiger partial charge in [-0.25, -0.2) is 9.78 Å².